The molecule has 1 atom stereocenters. The van der Waals surface area contributed by atoms with E-state index in [0.29, 0.717) is 23.9 Å². The average Bonchev–Trinajstić information content (AvgIpc) is 2.38. The average molecular weight is 355 g/mol. The fourth-order valence-corrected chi connectivity index (χ4v) is 3.16. The molecule has 122 valence electrons. The van der Waals surface area contributed by atoms with Gasteiger partial charge in [0.1, 0.15) is 0 Å². The van der Waals surface area contributed by atoms with Gasteiger partial charge in [-0.15, -0.1) is 12.4 Å². The van der Waals surface area contributed by atoms with Gasteiger partial charge >= 0.3 is 0 Å². The number of aryl methyl sites for hydroxylation is 1. The Morgan fingerprint density at radius 1 is 1.33 bits per heavy atom. The van der Waals surface area contributed by atoms with Gasteiger partial charge in [-0.05, 0) is 37.0 Å². The Morgan fingerprint density at radius 3 is 2.38 bits per heavy atom. The first-order valence-corrected chi connectivity index (χ1v) is 8.46. The van der Waals surface area contributed by atoms with Gasteiger partial charge in [-0.2, -0.15) is 0 Å². The van der Waals surface area contributed by atoms with Gasteiger partial charge in [0.15, 0.2) is 0 Å². The van der Waals surface area contributed by atoms with Gasteiger partial charge in [-0.25, -0.2) is 12.7 Å². The maximum atomic E-state index is 12.4. The number of halogens is 2. The molecule has 0 spiro atoms. The van der Waals surface area contributed by atoms with Crippen LogP contribution < -0.4 is 5.73 Å². The van der Waals surface area contributed by atoms with Crippen molar-refractivity contribution < 1.29 is 8.42 Å². The lowest BCUT2D eigenvalue weighted by atomic mass is 10.0. The van der Waals surface area contributed by atoms with E-state index in [1.165, 1.54) is 10.4 Å². The highest BCUT2D eigenvalue weighted by Crippen LogP contribution is 2.22. The van der Waals surface area contributed by atoms with Crippen LogP contribution >= 0.6 is 24.0 Å². The van der Waals surface area contributed by atoms with E-state index in [-0.39, 0.29) is 23.3 Å². The van der Waals surface area contributed by atoms with E-state index in [1.807, 2.05) is 20.8 Å². The first kappa shape index (κ1) is 20.7. The predicted molar refractivity (Wildman–Crippen MR) is 90.7 cm³/mol. The van der Waals surface area contributed by atoms with Crippen molar-refractivity contribution in [2.75, 3.05) is 13.6 Å². The Hall–Kier alpha value is -0.330. The standard InChI is InChI=1S/C14H23ClN2O2S.ClH/c1-10(2)14(16)7-8-17(4)20(18,19)12-6-5-11(3)13(15)9-12;/h5-6,9-10,14H,7-8,16H2,1-4H3;1H. The highest BCUT2D eigenvalue weighted by atomic mass is 35.5. The molecule has 1 unspecified atom stereocenters. The minimum absolute atomic E-state index is 0. The van der Waals surface area contributed by atoms with E-state index in [1.54, 1.807) is 19.2 Å². The van der Waals surface area contributed by atoms with Crippen LogP contribution in [-0.2, 0) is 10.0 Å². The van der Waals surface area contributed by atoms with E-state index >= 15 is 0 Å². The van der Waals surface area contributed by atoms with Crippen LogP contribution in [0, 0.1) is 12.8 Å². The van der Waals surface area contributed by atoms with Crippen molar-refractivity contribution in [3.63, 3.8) is 0 Å². The Balaban J connectivity index is 0.00000400. The van der Waals surface area contributed by atoms with E-state index in [2.05, 4.69) is 0 Å². The predicted octanol–water partition coefficient (Wildman–Crippen LogP) is 3.06. The Kier molecular flexibility index (Phi) is 8.21. The van der Waals surface area contributed by atoms with Crippen molar-refractivity contribution in [3.8, 4) is 0 Å². The lowest BCUT2D eigenvalue weighted by molar-refractivity contribution is 0.397. The molecule has 0 amide bonds. The molecule has 0 aromatic heterocycles. The van der Waals surface area contributed by atoms with E-state index in [9.17, 15) is 8.42 Å². The van der Waals surface area contributed by atoms with Crippen LogP contribution in [0.25, 0.3) is 0 Å². The van der Waals surface area contributed by atoms with Crippen LogP contribution in [0.3, 0.4) is 0 Å². The Labute approximate surface area is 139 Å². The van der Waals surface area contributed by atoms with Crippen molar-refractivity contribution in [1.29, 1.82) is 0 Å². The lowest BCUT2D eigenvalue weighted by Gasteiger charge is -2.21. The molecule has 4 nitrogen and oxygen atoms in total. The first-order chi connectivity index (χ1) is 9.16. The van der Waals surface area contributed by atoms with Crippen molar-refractivity contribution in [1.82, 2.24) is 4.31 Å². The zero-order valence-electron chi connectivity index (χ0n) is 12.8. The fourth-order valence-electron chi connectivity index (χ4n) is 1.70. The topological polar surface area (TPSA) is 63.4 Å². The van der Waals surface area contributed by atoms with Crippen LogP contribution in [-0.4, -0.2) is 32.4 Å². The molecule has 7 heteroatoms. The molecule has 1 aromatic rings. The first-order valence-electron chi connectivity index (χ1n) is 6.64. The zero-order chi connectivity index (χ0) is 15.5. The second-order valence-electron chi connectivity index (χ2n) is 5.43. The molecular weight excluding hydrogens is 331 g/mol. The maximum absolute atomic E-state index is 12.4. The van der Waals surface area contributed by atoms with E-state index in [4.69, 9.17) is 17.3 Å². The molecule has 0 aliphatic rings. The highest BCUT2D eigenvalue weighted by Gasteiger charge is 2.22. The zero-order valence-corrected chi connectivity index (χ0v) is 15.2. The minimum atomic E-state index is -3.51. The minimum Gasteiger partial charge on any atom is -0.327 e. The van der Waals surface area contributed by atoms with Crippen molar-refractivity contribution in [2.24, 2.45) is 11.7 Å². The number of hydrogen-bond acceptors (Lipinski definition) is 3. The smallest absolute Gasteiger partial charge is 0.242 e. The SMILES string of the molecule is Cc1ccc(S(=O)(=O)N(C)CCC(N)C(C)C)cc1Cl.Cl. The van der Waals surface area contributed by atoms with Gasteiger partial charge in [-0.1, -0.05) is 31.5 Å². The van der Waals surface area contributed by atoms with Gasteiger partial charge < -0.3 is 5.73 Å². The molecule has 0 saturated heterocycles. The normalized spacial score (nSPS) is 13.3. The van der Waals surface area contributed by atoms with E-state index < -0.39 is 10.0 Å². The summed E-state index contributed by atoms with van der Waals surface area (Å²) in [4.78, 5) is 0.216. The largest absolute Gasteiger partial charge is 0.327 e. The summed E-state index contributed by atoms with van der Waals surface area (Å²) in [6, 6.07) is 4.78. The summed E-state index contributed by atoms with van der Waals surface area (Å²) in [6.07, 6.45) is 0.632. The summed E-state index contributed by atoms with van der Waals surface area (Å²) >= 11 is 5.99. The van der Waals surface area contributed by atoms with Gasteiger partial charge in [0.2, 0.25) is 10.0 Å². The van der Waals surface area contributed by atoms with Crippen LogP contribution in [0.15, 0.2) is 23.1 Å². The summed E-state index contributed by atoms with van der Waals surface area (Å²) in [5.41, 5.74) is 6.80. The molecule has 1 rings (SSSR count). The van der Waals surface area contributed by atoms with Gasteiger partial charge in [-0.3, -0.25) is 0 Å². The number of hydrogen-bond donors (Lipinski definition) is 1. The lowest BCUT2D eigenvalue weighted by Crippen LogP contribution is -2.34. The van der Waals surface area contributed by atoms with Crippen molar-refractivity contribution in [3.05, 3.63) is 28.8 Å². The molecule has 1 aromatic carbocycles. The third-order valence-corrected chi connectivity index (χ3v) is 5.75. The third kappa shape index (κ3) is 5.42. The molecule has 0 radical (unpaired) electrons. The number of sulfonamides is 1. The molecule has 0 fully saturated rings. The fraction of sp³-hybridized carbons (Fsp3) is 0.571. The van der Waals surface area contributed by atoms with Crippen LogP contribution in [0.5, 0.6) is 0 Å². The Morgan fingerprint density at radius 2 is 1.90 bits per heavy atom. The summed E-state index contributed by atoms with van der Waals surface area (Å²) in [5.74, 6) is 0.333. The molecule has 21 heavy (non-hydrogen) atoms. The molecule has 0 aliphatic carbocycles. The number of rotatable bonds is 6. The second kappa shape index (κ2) is 8.34. The van der Waals surface area contributed by atoms with Gasteiger partial charge in [0.05, 0.1) is 4.90 Å². The van der Waals surface area contributed by atoms with Gasteiger partial charge in [0, 0.05) is 24.7 Å². The summed E-state index contributed by atoms with van der Waals surface area (Å²) in [6.45, 7) is 6.29. The highest BCUT2D eigenvalue weighted by molar-refractivity contribution is 7.89. The van der Waals surface area contributed by atoms with Crippen LogP contribution in [0.4, 0.5) is 0 Å². The molecule has 0 saturated carbocycles. The summed E-state index contributed by atoms with van der Waals surface area (Å²) in [5, 5.41) is 0.457. The van der Waals surface area contributed by atoms with Crippen molar-refractivity contribution in [2.45, 2.75) is 38.1 Å². The summed E-state index contributed by atoms with van der Waals surface area (Å²) in [7, 11) is -1.94. The number of benzene rings is 1. The molecular formula is C14H24Cl2N2O2S. The molecule has 0 bridgehead atoms. The number of nitrogens with two attached hydrogens (primary N) is 1. The molecule has 0 heterocycles. The Bertz CT molecular complexity index is 562. The second-order valence-corrected chi connectivity index (χ2v) is 7.89. The quantitative estimate of drug-likeness (QED) is 0.853. The van der Waals surface area contributed by atoms with Crippen LogP contribution in [0.2, 0.25) is 5.02 Å². The monoisotopic (exact) mass is 354 g/mol. The molecule has 0 aliphatic heterocycles. The molecule has 2 N–H and O–H groups in total. The van der Waals surface area contributed by atoms with E-state index in [0.717, 1.165) is 5.56 Å². The van der Waals surface area contributed by atoms with Gasteiger partial charge in [0.25, 0.3) is 0 Å². The summed E-state index contributed by atoms with van der Waals surface area (Å²) < 4.78 is 26.1. The van der Waals surface area contributed by atoms with Crippen LogP contribution in [0.1, 0.15) is 25.8 Å². The van der Waals surface area contributed by atoms with Crippen molar-refractivity contribution >= 4 is 34.0 Å². The third-order valence-electron chi connectivity index (χ3n) is 3.49. The number of nitrogens with zero attached hydrogens (tertiary/aromatic N) is 1. The maximum Gasteiger partial charge on any atom is 0.242 e.